The average Bonchev–Trinajstić information content (AvgIpc) is 2.87. The third-order valence-electron chi connectivity index (χ3n) is 4.03. The first-order valence-electron chi connectivity index (χ1n) is 6.62. The molecular weight excluding hydrogens is 202 g/mol. The Bertz CT molecular complexity index is 271. The molecule has 3 fully saturated rings. The van der Waals surface area contributed by atoms with E-state index in [4.69, 9.17) is 0 Å². The third kappa shape index (κ3) is 2.09. The molecule has 1 unspecified atom stereocenters. The van der Waals surface area contributed by atoms with Crippen LogP contribution < -0.4 is 5.32 Å². The van der Waals surface area contributed by atoms with Crippen LogP contribution in [-0.2, 0) is 4.79 Å². The summed E-state index contributed by atoms with van der Waals surface area (Å²) >= 11 is 0. The monoisotopic (exact) mass is 223 g/mol. The van der Waals surface area contributed by atoms with E-state index < -0.39 is 0 Å². The van der Waals surface area contributed by atoms with Crippen LogP contribution >= 0.6 is 0 Å². The summed E-state index contributed by atoms with van der Waals surface area (Å²) in [6, 6.07) is 0.688. The number of hydrogen-bond donors (Lipinski definition) is 1. The Morgan fingerprint density at radius 3 is 2.88 bits per heavy atom. The number of hydrazine groups is 1. The molecular formula is C12H21N3O. The van der Waals surface area contributed by atoms with Crippen molar-refractivity contribution >= 4 is 5.91 Å². The molecule has 0 aromatic heterocycles. The Hall–Kier alpha value is -0.610. The van der Waals surface area contributed by atoms with Gasteiger partial charge in [-0.15, -0.1) is 0 Å². The Morgan fingerprint density at radius 2 is 2.19 bits per heavy atom. The van der Waals surface area contributed by atoms with Crippen molar-refractivity contribution in [2.45, 2.75) is 38.1 Å². The largest absolute Gasteiger partial charge is 0.316 e. The van der Waals surface area contributed by atoms with Gasteiger partial charge in [0.2, 0.25) is 5.91 Å². The summed E-state index contributed by atoms with van der Waals surface area (Å²) < 4.78 is 0. The molecule has 0 spiro atoms. The number of carbonyl (C=O) groups excluding carboxylic acids is 1. The van der Waals surface area contributed by atoms with Crippen LogP contribution in [0.25, 0.3) is 0 Å². The number of carbonyl (C=O) groups is 1. The first kappa shape index (κ1) is 10.5. The molecule has 90 valence electrons. The van der Waals surface area contributed by atoms with Crippen molar-refractivity contribution < 1.29 is 4.79 Å². The second-order valence-corrected chi connectivity index (χ2v) is 5.31. The topological polar surface area (TPSA) is 35.6 Å². The number of nitrogens with zero attached hydrogens (tertiary/aromatic N) is 2. The molecule has 2 heterocycles. The van der Waals surface area contributed by atoms with Crippen molar-refractivity contribution in [2.75, 3.05) is 26.2 Å². The van der Waals surface area contributed by atoms with Gasteiger partial charge in [-0.05, 0) is 44.7 Å². The van der Waals surface area contributed by atoms with Crippen LogP contribution in [0.3, 0.4) is 0 Å². The summed E-state index contributed by atoms with van der Waals surface area (Å²) in [5, 5.41) is 7.75. The minimum absolute atomic E-state index is 0.345. The highest BCUT2D eigenvalue weighted by atomic mass is 16.2. The van der Waals surface area contributed by atoms with Crippen molar-refractivity contribution in [3.05, 3.63) is 0 Å². The van der Waals surface area contributed by atoms with E-state index in [0.717, 1.165) is 38.5 Å². The van der Waals surface area contributed by atoms with Gasteiger partial charge in [-0.3, -0.25) is 9.80 Å². The highest BCUT2D eigenvalue weighted by Gasteiger charge is 2.39. The highest BCUT2D eigenvalue weighted by molar-refractivity contribution is 5.77. The van der Waals surface area contributed by atoms with Crippen LogP contribution in [0.5, 0.6) is 0 Å². The maximum atomic E-state index is 11.8. The molecule has 2 aliphatic heterocycles. The molecule has 0 aromatic rings. The van der Waals surface area contributed by atoms with E-state index in [0.29, 0.717) is 11.9 Å². The van der Waals surface area contributed by atoms with Crippen molar-refractivity contribution in [2.24, 2.45) is 5.92 Å². The quantitative estimate of drug-likeness (QED) is 0.758. The van der Waals surface area contributed by atoms with Gasteiger partial charge >= 0.3 is 0 Å². The van der Waals surface area contributed by atoms with Crippen LogP contribution in [0.15, 0.2) is 0 Å². The van der Waals surface area contributed by atoms with Gasteiger partial charge in [0.1, 0.15) is 0 Å². The van der Waals surface area contributed by atoms with Gasteiger partial charge in [-0.1, -0.05) is 0 Å². The molecule has 1 amide bonds. The Balaban J connectivity index is 1.52. The van der Waals surface area contributed by atoms with Crippen LogP contribution in [0, 0.1) is 5.92 Å². The number of amides is 1. The smallest absolute Gasteiger partial charge is 0.238 e. The first-order valence-corrected chi connectivity index (χ1v) is 6.62. The normalized spacial score (nSPS) is 31.6. The predicted molar refractivity (Wildman–Crippen MR) is 61.7 cm³/mol. The van der Waals surface area contributed by atoms with Crippen LogP contribution in [0.2, 0.25) is 0 Å². The van der Waals surface area contributed by atoms with Crippen LogP contribution in [-0.4, -0.2) is 48.1 Å². The van der Waals surface area contributed by atoms with E-state index in [1.807, 2.05) is 5.01 Å². The van der Waals surface area contributed by atoms with Crippen LogP contribution in [0.4, 0.5) is 0 Å². The van der Waals surface area contributed by atoms with E-state index in [-0.39, 0.29) is 0 Å². The fourth-order valence-corrected chi connectivity index (χ4v) is 2.87. The van der Waals surface area contributed by atoms with E-state index in [1.165, 1.54) is 25.7 Å². The van der Waals surface area contributed by atoms with Gasteiger partial charge < -0.3 is 5.32 Å². The molecule has 1 N–H and O–H groups in total. The van der Waals surface area contributed by atoms with Gasteiger partial charge in [-0.2, -0.15) is 0 Å². The molecule has 1 saturated carbocycles. The standard InChI is InChI=1S/C12H21N3O/c16-12-5-8-14(11-1-2-11)15(12)7-4-10-3-6-13-9-10/h10-11,13H,1-9H2. The summed E-state index contributed by atoms with van der Waals surface area (Å²) in [5.41, 5.74) is 0. The van der Waals surface area contributed by atoms with Crippen molar-refractivity contribution in [3.63, 3.8) is 0 Å². The molecule has 0 bridgehead atoms. The molecule has 16 heavy (non-hydrogen) atoms. The summed E-state index contributed by atoms with van der Waals surface area (Å²) in [7, 11) is 0. The predicted octanol–water partition coefficient (Wildman–Crippen LogP) is 0.598. The summed E-state index contributed by atoms with van der Waals surface area (Å²) in [6.45, 7) is 4.21. The zero-order valence-corrected chi connectivity index (χ0v) is 9.82. The first-order chi connectivity index (χ1) is 7.84. The molecule has 4 nitrogen and oxygen atoms in total. The van der Waals surface area contributed by atoms with Gasteiger partial charge in [0, 0.05) is 25.6 Å². The average molecular weight is 223 g/mol. The zero-order chi connectivity index (χ0) is 11.0. The minimum Gasteiger partial charge on any atom is -0.316 e. The maximum absolute atomic E-state index is 11.8. The highest BCUT2D eigenvalue weighted by Crippen LogP contribution is 2.31. The Morgan fingerprint density at radius 1 is 1.31 bits per heavy atom. The molecule has 2 saturated heterocycles. The Kier molecular flexibility index (Phi) is 2.86. The minimum atomic E-state index is 0.345. The lowest BCUT2D eigenvalue weighted by Crippen LogP contribution is -2.41. The SMILES string of the molecule is O=C1CCN(C2CC2)N1CCC1CCNC1. The van der Waals surface area contributed by atoms with Crippen LogP contribution in [0.1, 0.15) is 32.1 Å². The van der Waals surface area contributed by atoms with Gasteiger partial charge in [0.25, 0.3) is 0 Å². The van der Waals surface area contributed by atoms with E-state index in [9.17, 15) is 4.79 Å². The fraction of sp³-hybridized carbons (Fsp3) is 0.917. The summed E-state index contributed by atoms with van der Waals surface area (Å²) in [5.74, 6) is 1.13. The summed E-state index contributed by atoms with van der Waals surface area (Å²) in [6.07, 6.45) is 5.76. The Labute approximate surface area is 96.9 Å². The lowest BCUT2D eigenvalue weighted by atomic mass is 10.1. The van der Waals surface area contributed by atoms with E-state index >= 15 is 0 Å². The molecule has 1 atom stereocenters. The fourth-order valence-electron chi connectivity index (χ4n) is 2.87. The van der Waals surface area contributed by atoms with E-state index in [2.05, 4.69) is 10.3 Å². The molecule has 3 rings (SSSR count). The van der Waals surface area contributed by atoms with E-state index in [1.54, 1.807) is 0 Å². The second kappa shape index (κ2) is 4.34. The number of rotatable bonds is 4. The molecule has 0 radical (unpaired) electrons. The molecule has 3 aliphatic rings. The maximum Gasteiger partial charge on any atom is 0.238 e. The lowest BCUT2D eigenvalue weighted by Gasteiger charge is -2.28. The molecule has 1 aliphatic carbocycles. The van der Waals surface area contributed by atoms with Crippen molar-refractivity contribution in [1.82, 2.24) is 15.3 Å². The third-order valence-corrected chi connectivity index (χ3v) is 4.03. The summed E-state index contributed by atoms with van der Waals surface area (Å²) in [4.78, 5) is 11.8. The van der Waals surface area contributed by atoms with Crippen molar-refractivity contribution in [3.8, 4) is 0 Å². The molecule has 0 aromatic carbocycles. The zero-order valence-electron chi connectivity index (χ0n) is 9.82. The van der Waals surface area contributed by atoms with Crippen molar-refractivity contribution in [1.29, 1.82) is 0 Å². The lowest BCUT2D eigenvalue weighted by molar-refractivity contribution is -0.138. The second-order valence-electron chi connectivity index (χ2n) is 5.31. The van der Waals surface area contributed by atoms with Gasteiger partial charge in [0.05, 0.1) is 0 Å². The molecule has 4 heteroatoms. The van der Waals surface area contributed by atoms with Gasteiger partial charge in [0.15, 0.2) is 0 Å². The van der Waals surface area contributed by atoms with Gasteiger partial charge in [-0.25, -0.2) is 5.01 Å². The number of nitrogens with one attached hydrogen (secondary N) is 1. The number of hydrogen-bond acceptors (Lipinski definition) is 3.